The SMILES string of the molecule is CCOC(=O)CC(=O)C(CC)Cc1ccc(OCCN(C)c2ccccn2)cc1. The van der Waals surface area contributed by atoms with Crippen molar-refractivity contribution in [3.05, 3.63) is 54.2 Å². The maximum Gasteiger partial charge on any atom is 0.313 e. The Morgan fingerprint density at radius 2 is 1.86 bits per heavy atom. The van der Waals surface area contributed by atoms with Crippen LogP contribution in [0.25, 0.3) is 0 Å². The first-order chi connectivity index (χ1) is 14.0. The third-order valence-corrected chi connectivity index (χ3v) is 4.71. The van der Waals surface area contributed by atoms with Gasteiger partial charge < -0.3 is 14.4 Å². The van der Waals surface area contributed by atoms with E-state index in [0.717, 1.165) is 23.7 Å². The molecule has 0 bridgehead atoms. The number of ketones is 1. The molecule has 0 N–H and O–H groups in total. The van der Waals surface area contributed by atoms with Crippen LogP contribution in [0.3, 0.4) is 0 Å². The zero-order valence-corrected chi connectivity index (χ0v) is 17.5. The molecule has 0 fully saturated rings. The second-order valence-electron chi connectivity index (χ2n) is 6.86. The summed E-state index contributed by atoms with van der Waals surface area (Å²) in [4.78, 5) is 30.2. The molecule has 0 amide bonds. The van der Waals surface area contributed by atoms with Gasteiger partial charge in [-0.3, -0.25) is 9.59 Å². The molecule has 0 spiro atoms. The van der Waals surface area contributed by atoms with Crippen LogP contribution in [0.4, 0.5) is 5.82 Å². The van der Waals surface area contributed by atoms with Gasteiger partial charge in [0.25, 0.3) is 0 Å². The topological polar surface area (TPSA) is 68.7 Å². The number of nitrogens with zero attached hydrogens (tertiary/aromatic N) is 2. The van der Waals surface area contributed by atoms with E-state index in [4.69, 9.17) is 9.47 Å². The summed E-state index contributed by atoms with van der Waals surface area (Å²) >= 11 is 0. The van der Waals surface area contributed by atoms with E-state index >= 15 is 0 Å². The number of likely N-dealkylation sites (N-methyl/N-ethyl adjacent to an activating group) is 1. The summed E-state index contributed by atoms with van der Waals surface area (Å²) in [5.41, 5.74) is 1.05. The van der Waals surface area contributed by atoms with Crippen LogP contribution in [0.1, 0.15) is 32.3 Å². The summed E-state index contributed by atoms with van der Waals surface area (Å²) in [5, 5.41) is 0. The Balaban J connectivity index is 1.81. The van der Waals surface area contributed by atoms with Crippen molar-refractivity contribution in [3.63, 3.8) is 0 Å². The van der Waals surface area contributed by atoms with E-state index in [-0.39, 0.29) is 18.1 Å². The van der Waals surface area contributed by atoms with Crippen molar-refractivity contribution < 1.29 is 19.1 Å². The van der Waals surface area contributed by atoms with Gasteiger partial charge in [-0.05, 0) is 49.6 Å². The molecular weight excluding hydrogens is 368 g/mol. The van der Waals surface area contributed by atoms with Crippen LogP contribution >= 0.6 is 0 Å². The summed E-state index contributed by atoms with van der Waals surface area (Å²) in [6, 6.07) is 13.6. The molecule has 0 saturated carbocycles. The molecule has 1 unspecified atom stereocenters. The smallest absolute Gasteiger partial charge is 0.313 e. The summed E-state index contributed by atoms with van der Waals surface area (Å²) in [7, 11) is 1.98. The van der Waals surface area contributed by atoms with Gasteiger partial charge in [-0.15, -0.1) is 0 Å². The van der Waals surface area contributed by atoms with Gasteiger partial charge in [0.1, 0.15) is 30.4 Å². The normalized spacial score (nSPS) is 11.6. The third kappa shape index (κ3) is 7.56. The van der Waals surface area contributed by atoms with Gasteiger partial charge >= 0.3 is 5.97 Å². The monoisotopic (exact) mass is 398 g/mol. The van der Waals surface area contributed by atoms with Crippen molar-refractivity contribution in [2.75, 3.05) is 31.7 Å². The first kappa shape index (κ1) is 22.4. The number of Topliss-reactive ketones (excluding diaryl/α,β-unsaturated/α-hetero) is 1. The van der Waals surface area contributed by atoms with Crippen molar-refractivity contribution >= 4 is 17.6 Å². The van der Waals surface area contributed by atoms with Crippen LogP contribution in [0, 0.1) is 5.92 Å². The number of esters is 1. The Hall–Kier alpha value is -2.89. The van der Waals surface area contributed by atoms with Gasteiger partial charge in [-0.1, -0.05) is 25.1 Å². The highest BCUT2D eigenvalue weighted by atomic mass is 16.5. The average molecular weight is 399 g/mol. The fraction of sp³-hybridized carbons (Fsp3) is 0.435. The number of pyridine rings is 1. The van der Waals surface area contributed by atoms with E-state index in [1.807, 2.05) is 61.3 Å². The molecule has 6 nitrogen and oxygen atoms in total. The van der Waals surface area contributed by atoms with Crippen LogP contribution < -0.4 is 9.64 Å². The fourth-order valence-corrected chi connectivity index (χ4v) is 2.99. The molecule has 0 aliphatic carbocycles. The van der Waals surface area contributed by atoms with E-state index in [2.05, 4.69) is 4.98 Å². The number of anilines is 1. The summed E-state index contributed by atoms with van der Waals surface area (Å²) in [6.45, 7) is 5.26. The highest BCUT2D eigenvalue weighted by molar-refractivity contribution is 5.96. The molecule has 0 saturated heterocycles. The minimum Gasteiger partial charge on any atom is -0.492 e. The first-order valence-electron chi connectivity index (χ1n) is 10.1. The molecule has 1 atom stereocenters. The minimum atomic E-state index is -0.449. The summed E-state index contributed by atoms with van der Waals surface area (Å²) < 4.78 is 10.7. The predicted octanol–water partition coefficient (Wildman–Crippen LogP) is 3.69. The molecular formula is C23H30N2O4. The molecule has 1 heterocycles. The Kier molecular flexibility index (Phi) is 9.15. The Bertz CT molecular complexity index is 762. The van der Waals surface area contributed by atoms with Gasteiger partial charge in [0.2, 0.25) is 0 Å². The Labute approximate surface area is 172 Å². The molecule has 0 aliphatic heterocycles. The van der Waals surface area contributed by atoms with Crippen LogP contribution in [-0.2, 0) is 20.7 Å². The van der Waals surface area contributed by atoms with Crippen molar-refractivity contribution in [2.45, 2.75) is 33.1 Å². The predicted molar refractivity (Wildman–Crippen MR) is 113 cm³/mol. The molecule has 6 heteroatoms. The zero-order valence-electron chi connectivity index (χ0n) is 17.5. The molecule has 1 aromatic carbocycles. The maximum atomic E-state index is 12.3. The van der Waals surface area contributed by atoms with E-state index in [1.54, 1.807) is 13.1 Å². The highest BCUT2D eigenvalue weighted by Gasteiger charge is 2.20. The molecule has 29 heavy (non-hydrogen) atoms. The van der Waals surface area contributed by atoms with Gasteiger partial charge in [-0.25, -0.2) is 4.98 Å². The van der Waals surface area contributed by atoms with Gasteiger partial charge in [0.15, 0.2) is 0 Å². The maximum absolute atomic E-state index is 12.3. The third-order valence-electron chi connectivity index (χ3n) is 4.71. The lowest BCUT2D eigenvalue weighted by atomic mass is 9.91. The van der Waals surface area contributed by atoms with E-state index < -0.39 is 5.97 Å². The minimum absolute atomic E-state index is 0.0659. The Morgan fingerprint density at radius 3 is 2.48 bits per heavy atom. The molecule has 1 aromatic heterocycles. The number of hydrogen-bond acceptors (Lipinski definition) is 6. The van der Waals surface area contributed by atoms with E-state index in [9.17, 15) is 9.59 Å². The van der Waals surface area contributed by atoms with Crippen molar-refractivity contribution in [3.8, 4) is 5.75 Å². The molecule has 0 radical (unpaired) electrons. The van der Waals surface area contributed by atoms with Gasteiger partial charge in [-0.2, -0.15) is 0 Å². The fourth-order valence-electron chi connectivity index (χ4n) is 2.99. The largest absolute Gasteiger partial charge is 0.492 e. The number of rotatable bonds is 12. The number of carbonyl (C=O) groups is 2. The van der Waals surface area contributed by atoms with Crippen molar-refractivity contribution in [2.24, 2.45) is 5.92 Å². The second-order valence-corrected chi connectivity index (χ2v) is 6.86. The van der Waals surface area contributed by atoms with Crippen molar-refractivity contribution in [1.82, 2.24) is 4.98 Å². The number of ether oxygens (including phenoxy) is 2. The van der Waals surface area contributed by atoms with E-state index in [0.29, 0.717) is 26.1 Å². The summed E-state index contributed by atoms with van der Waals surface area (Å²) in [5.74, 6) is 0.996. The van der Waals surface area contributed by atoms with Crippen LogP contribution in [0.5, 0.6) is 5.75 Å². The molecule has 2 aromatic rings. The second kappa shape index (κ2) is 11.8. The Morgan fingerprint density at radius 1 is 1.10 bits per heavy atom. The molecule has 0 aliphatic rings. The van der Waals surface area contributed by atoms with Crippen LogP contribution in [0.15, 0.2) is 48.7 Å². The standard InChI is InChI=1S/C23H30N2O4/c1-4-19(21(26)17-23(27)28-5-2)16-18-9-11-20(12-10-18)29-15-14-25(3)22-8-6-7-13-24-22/h6-13,19H,4-5,14-17H2,1-3H3. The van der Waals surface area contributed by atoms with Gasteiger partial charge in [0, 0.05) is 19.2 Å². The van der Waals surface area contributed by atoms with Crippen LogP contribution in [0.2, 0.25) is 0 Å². The first-order valence-corrected chi connectivity index (χ1v) is 10.1. The lowest BCUT2D eigenvalue weighted by Gasteiger charge is -2.18. The van der Waals surface area contributed by atoms with E-state index in [1.165, 1.54) is 0 Å². The lowest BCUT2D eigenvalue weighted by molar-refractivity contribution is -0.146. The molecule has 2 rings (SSSR count). The van der Waals surface area contributed by atoms with Crippen LogP contribution in [-0.4, -0.2) is 43.5 Å². The molecule has 156 valence electrons. The summed E-state index contributed by atoms with van der Waals surface area (Å²) in [6.07, 6.45) is 2.91. The zero-order chi connectivity index (χ0) is 21.1. The number of hydrogen-bond donors (Lipinski definition) is 0. The number of carbonyl (C=O) groups excluding carboxylic acids is 2. The number of benzene rings is 1. The van der Waals surface area contributed by atoms with Gasteiger partial charge in [0.05, 0.1) is 13.2 Å². The quantitative estimate of drug-likeness (QED) is 0.401. The average Bonchev–Trinajstić information content (AvgIpc) is 2.73. The lowest BCUT2D eigenvalue weighted by Crippen LogP contribution is -2.24. The number of aromatic nitrogens is 1. The highest BCUT2D eigenvalue weighted by Crippen LogP contribution is 2.19. The van der Waals surface area contributed by atoms with Crippen molar-refractivity contribution in [1.29, 1.82) is 0 Å².